The Morgan fingerprint density at radius 2 is 1.47 bits per heavy atom. The third-order valence-electron chi connectivity index (χ3n) is 6.99. The highest BCUT2D eigenvalue weighted by Crippen LogP contribution is 2.38. The Morgan fingerprint density at radius 1 is 0.837 bits per heavy atom. The van der Waals surface area contributed by atoms with E-state index in [4.69, 9.17) is 40.9 Å². The molecule has 0 aliphatic carbocycles. The molecule has 12 nitrogen and oxygen atoms in total. The second kappa shape index (κ2) is 13.1. The SMILES string of the molecule is COc1ccc(N2C(=O)/C(=C\c3ccc(Oc4nc(N5CCOCC5)nc(N5CCOCC5)n4)c(OC)c3)SC2=S)cc1. The predicted octanol–water partition coefficient (Wildman–Crippen LogP) is 3.76. The number of hydrogen-bond acceptors (Lipinski definition) is 13. The normalized spacial score (nSPS) is 18.4. The molecule has 4 heterocycles. The lowest BCUT2D eigenvalue weighted by Gasteiger charge is -2.30. The molecule has 1 aromatic heterocycles. The van der Waals surface area contributed by atoms with E-state index in [1.165, 1.54) is 16.7 Å². The molecule has 3 aromatic rings. The molecule has 43 heavy (non-hydrogen) atoms. The topological polar surface area (TPSA) is 112 Å². The zero-order chi connectivity index (χ0) is 29.8. The van der Waals surface area contributed by atoms with Crippen LogP contribution in [0.2, 0.25) is 0 Å². The first-order valence-electron chi connectivity index (χ1n) is 13.7. The van der Waals surface area contributed by atoms with Crippen molar-refractivity contribution in [3.8, 4) is 23.3 Å². The number of rotatable bonds is 8. The smallest absolute Gasteiger partial charge is 0.328 e. The van der Waals surface area contributed by atoms with Crippen LogP contribution in [0.25, 0.3) is 6.08 Å². The molecule has 0 bridgehead atoms. The van der Waals surface area contributed by atoms with Crippen LogP contribution in [-0.2, 0) is 14.3 Å². The number of nitrogens with zero attached hydrogens (tertiary/aromatic N) is 6. The lowest BCUT2D eigenvalue weighted by Crippen LogP contribution is -2.40. The van der Waals surface area contributed by atoms with Crippen LogP contribution < -0.4 is 28.9 Å². The Balaban J connectivity index is 1.24. The van der Waals surface area contributed by atoms with Crippen molar-refractivity contribution >= 4 is 57.9 Å². The molecule has 6 rings (SSSR count). The molecule has 3 aliphatic heterocycles. The number of thiocarbonyl (C=S) groups is 1. The molecule has 3 saturated heterocycles. The summed E-state index contributed by atoms with van der Waals surface area (Å²) in [5.74, 6) is 2.45. The van der Waals surface area contributed by atoms with Crippen LogP contribution in [0.4, 0.5) is 17.6 Å². The Labute approximate surface area is 258 Å². The summed E-state index contributed by atoms with van der Waals surface area (Å²) in [5, 5.41) is 0. The van der Waals surface area contributed by atoms with Crippen LogP contribution in [-0.4, -0.2) is 92.0 Å². The molecule has 0 radical (unpaired) electrons. The summed E-state index contributed by atoms with van der Waals surface area (Å²) in [4.78, 5) is 33.4. The minimum atomic E-state index is -0.198. The maximum absolute atomic E-state index is 13.3. The molecule has 0 N–H and O–H groups in total. The predicted molar refractivity (Wildman–Crippen MR) is 168 cm³/mol. The fraction of sp³-hybridized carbons (Fsp3) is 0.345. The van der Waals surface area contributed by atoms with Crippen molar-refractivity contribution in [2.75, 3.05) is 81.5 Å². The summed E-state index contributed by atoms with van der Waals surface area (Å²) >= 11 is 6.77. The first-order valence-corrected chi connectivity index (χ1v) is 14.9. The summed E-state index contributed by atoms with van der Waals surface area (Å²) in [6, 6.07) is 12.7. The second-order valence-corrected chi connectivity index (χ2v) is 11.3. The fourth-order valence-electron chi connectivity index (χ4n) is 4.72. The Bertz CT molecular complexity index is 1490. The lowest BCUT2D eigenvalue weighted by atomic mass is 10.2. The van der Waals surface area contributed by atoms with E-state index in [-0.39, 0.29) is 11.9 Å². The quantitative estimate of drug-likeness (QED) is 0.269. The van der Waals surface area contributed by atoms with Gasteiger partial charge in [-0.3, -0.25) is 9.69 Å². The average molecular weight is 623 g/mol. The molecule has 0 saturated carbocycles. The van der Waals surface area contributed by atoms with Crippen molar-refractivity contribution in [1.82, 2.24) is 15.0 Å². The average Bonchev–Trinajstić information content (AvgIpc) is 3.34. The molecule has 2 aromatic carbocycles. The number of ether oxygens (including phenoxy) is 5. The molecule has 3 fully saturated rings. The van der Waals surface area contributed by atoms with Crippen LogP contribution in [0.1, 0.15) is 5.56 Å². The number of amides is 1. The first kappa shape index (κ1) is 29.1. The van der Waals surface area contributed by atoms with Crippen molar-refractivity contribution in [3.05, 3.63) is 52.9 Å². The maximum atomic E-state index is 13.3. The molecule has 1 amide bonds. The third-order valence-corrected chi connectivity index (χ3v) is 8.29. The van der Waals surface area contributed by atoms with E-state index in [0.717, 1.165) is 5.56 Å². The molecular formula is C29H30N6O6S2. The number of benzene rings is 2. The van der Waals surface area contributed by atoms with Gasteiger partial charge in [0.15, 0.2) is 15.8 Å². The minimum Gasteiger partial charge on any atom is -0.497 e. The Hall–Kier alpha value is -3.98. The number of methoxy groups -OCH3 is 2. The van der Waals surface area contributed by atoms with Crippen LogP contribution in [0.15, 0.2) is 47.4 Å². The number of anilines is 3. The van der Waals surface area contributed by atoms with Gasteiger partial charge in [0.1, 0.15) is 5.75 Å². The van der Waals surface area contributed by atoms with Gasteiger partial charge in [-0.25, -0.2) is 0 Å². The molecule has 0 unspecified atom stereocenters. The third kappa shape index (κ3) is 6.51. The van der Waals surface area contributed by atoms with E-state index in [9.17, 15) is 4.79 Å². The van der Waals surface area contributed by atoms with Gasteiger partial charge in [0.25, 0.3) is 5.91 Å². The van der Waals surface area contributed by atoms with Crippen molar-refractivity contribution in [2.45, 2.75) is 0 Å². The largest absolute Gasteiger partial charge is 0.497 e. The molecule has 0 atom stereocenters. The zero-order valence-electron chi connectivity index (χ0n) is 23.7. The summed E-state index contributed by atoms with van der Waals surface area (Å²) < 4.78 is 28.5. The van der Waals surface area contributed by atoms with Crippen LogP contribution in [0, 0.1) is 0 Å². The van der Waals surface area contributed by atoms with E-state index >= 15 is 0 Å². The van der Waals surface area contributed by atoms with Gasteiger partial charge in [-0.05, 0) is 48.0 Å². The number of carbonyl (C=O) groups excluding carboxylic acids is 1. The number of thioether (sulfide) groups is 1. The van der Waals surface area contributed by atoms with Crippen molar-refractivity contribution in [3.63, 3.8) is 0 Å². The monoisotopic (exact) mass is 622 g/mol. The van der Waals surface area contributed by atoms with Gasteiger partial charge in [0, 0.05) is 26.2 Å². The van der Waals surface area contributed by atoms with Crippen LogP contribution in [0.5, 0.6) is 23.3 Å². The molecule has 224 valence electrons. The highest BCUT2D eigenvalue weighted by Gasteiger charge is 2.33. The van der Waals surface area contributed by atoms with Gasteiger partial charge in [0.05, 0.1) is 51.2 Å². The zero-order valence-corrected chi connectivity index (χ0v) is 25.4. The van der Waals surface area contributed by atoms with E-state index in [2.05, 4.69) is 19.8 Å². The first-order chi connectivity index (χ1) is 21.0. The molecule has 0 spiro atoms. The van der Waals surface area contributed by atoms with Crippen LogP contribution >= 0.6 is 24.0 Å². The maximum Gasteiger partial charge on any atom is 0.328 e. The van der Waals surface area contributed by atoms with E-state index in [1.54, 1.807) is 56.7 Å². The Morgan fingerprint density at radius 3 is 2.05 bits per heavy atom. The summed E-state index contributed by atoms with van der Waals surface area (Å²) in [6.45, 7) is 5.10. The summed E-state index contributed by atoms with van der Waals surface area (Å²) in [7, 11) is 3.15. The molecular weight excluding hydrogens is 592 g/mol. The van der Waals surface area contributed by atoms with Gasteiger partial charge in [-0.15, -0.1) is 0 Å². The van der Waals surface area contributed by atoms with Gasteiger partial charge < -0.3 is 33.5 Å². The number of morpholine rings is 2. The number of carbonyl (C=O) groups is 1. The van der Waals surface area contributed by atoms with E-state index in [0.29, 0.717) is 96.7 Å². The molecule has 14 heteroatoms. The van der Waals surface area contributed by atoms with Crippen molar-refractivity contribution in [1.29, 1.82) is 0 Å². The highest BCUT2D eigenvalue weighted by atomic mass is 32.2. The van der Waals surface area contributed by atoms with E-state index in [1.807, 2.05) is 6.07 Å². The van der Waals surface area contributed by atoms with E-state index < -0.39 is 0 Å². The van der Waals surface area contributed by atoms with Gasteiger partial charge in [0.2, 0.25) is 11.9 Å². The van der Waals surface area contributed by atoms with Gasteiger partial charge >= 0.3 is 6.01 Å². The molecule has 3 aliphatic rings. The summed E-state index contributed by atoms with van der Waals surface area (Å²) in [6.07, 6.45) is 1.78. The number of hydrogen-bond donors (Lipinski definition) is 0. The summed E-state index contributed by atoms with van der Waals surface area (Å²) in [5.41, 5.74) is 1.43. The van der Waals surface area contributed by atoms with Crippen molar-refractivity contribution in [2.24, 2.45) is 0 Å². The Kier molecular flexibility index (Phi) is 8.88. The standard InChI is InChI=1S/C29H30N6O6S2/c1-37-21-6-4-20(5-7-21)35-25(36)24(43-29(35)42)18-19-3-8-22(23(17-19)38-2)41-28-31-26(33-9-13-39-14-10-33)30-27(32-28)34-11-15-40-16-12-34/h3-8,17-18H,9-16H2,1-2H3/b24-18+. The lowest BCUT2D eigenvalue weighted by molar-refractivity contribution is -0.113. The van der Waals surface area contributed by atoms with Crippen molar-refractivity contribution < 1.29 is 28.5 Å². The van der Waals surface area contributed by atoms with Crippen LogP contribution in [0.3, 0.4) is 0 Å². The van der Waals surface area contributed by atoms with Gasteiger partial charge in [-0.2, -0.15) is 15.0 Å². The van der Waals surface area contributed by atoms with Gasteiger partial charge in [-0.1, -0.05) is 30.0 Å². The number of aromatic nitrogens is 3. The fourth-order valence-corrected chi connectivity index (χ4v) is 6.02. The minimum absolute atomic E-state index is 0.157. The highest BCUT2D eigenvalue weighted by molar-refractivity contribution is 8.27. The second-order valence-electron chi connectivity index (χ2n) is 9.64.